The first-order valence-corrected chi connectivity index (χ1v) is 7.42. The van der Waals surface area contributed by atoms with Crippen molar-refractivity contribution in [2.24, 2.45) is 5.73 Å². The van der Waals surface area contributed by atoms with Crippen LogP contribution in [0.25, 0.3) is 0 Å². The smallest absolute Gasteiger partial charge is 0.0611 e. The number of piperidine rings is 1. The minimum Gasteiger partial charge on any atom is -0.378 e. The third kappa shape index (κ3) is 2.87. The molecule has 0 atom stereocenters. The molecule has 1 aliphatic carbocycles. The van der Waals surface area contributed by atoms with Gasteiger partial charge in [-0.15, -0.1) is 0 Å². The summed E-state index contributed by atoms with van der Waals surface area (Å²) in [7, 11) is 0. The Kier molecular flexibility index (Phi) is 5.01. The molecule has 0 aromatic carbocycles. The van der Waals surface area contributed by atoms with Gasteiger partial charge in [0.05, 0.1) is 12.2 Å². The van der Waals surface area contributed by atoms with E-state index in [2.05, 4.69) is 18.7 Å². The molecule has 0 amide bonds. The van der Waals surface area contributed by atoms with Crippen LogP contribution in [-0.2, 0) is 9.47 Å². The molecule has 18 heavy (non-hydrogen) atoms. The van der Waals surface area contributed by atoms with Crippen LogP contribution in [0.2, 0.25) is 0 Å². The molecule has 4 heteroatoms. The summed E-state index contributed by atoms with van der Waals surface area (Å²) in [6.45, 7) is 8.80. The van der Waals surface area contributed by atoms with Crippen molar-refractivity contribution in [3.63, 3.8) is 0 Å². The minimum atomic E-state index is 0.219. The minimum absolute atomic E-state index is 0.219. The lowest BCUT2D eigenvalue weighted by atomic mass is 9.72. The standard InChI is InChI=1S/C14H28N2O2/c1-3-17-12-5-7-16(8-6-12)14(11-15)9-13(10-14)18-4-2/h12-13H,3-11,15H2,1-2H3. The SMILES string of the molecule is CCOC1CCN(C2(CN)CC(OCC)C2)CC1. The van der Waals surface area contributed by atoms with Gasteiger partial charge in [-0.05, 0) is 39.5 Å². The molecule has 2 fully saturated rings. The zero-order valence-electron chi connectivity index (χ0n) is 11.9. The maximum atomic E-state index is 6.02. The van der Waals surface area contributed by atoms with E-state index in [0.29, 0.717) is 12.2 Å². The van der Waals surface area contributed by atoms with Gasteiger partial charge >= 0.3 is 0 Å². The fourth-order valence-corrected chi connectivity index (χ4v) is 3.43. The maximum Gasteiger partial charge on any atom is 0.0611 e. The third-order valence-corrected chi connectivity index (χ3v) is 4.51. The third-order valence-electron chi connectivity index (χ3n) is 4.51. The van der Waals surface area contributed by atoms with Gasteiger partial charge in [0.25, 0.3) is 0 Å². The molecule has 1 heterocycles. The fraction of sp³-hybridized carbons (Fsp3) is 1.00. The van der Waals surface area contributed by atoms with Gasteiger partial charge in [-0.2, -0.15) is 0 Å². The molecule has 1 saturated carbocycles. The van der Waals surface area contributed by atoms with Crippen molar-refractivity contribution in [2.45, 2.75) is 57.3 Å². The molecule has 2 rings (SSSR count). The van der Waals surface area contributed by atoms with Crippen LogP contribution >= 0.6 is 0 Å². The van der Waals surface area contributed by atoms with Gasteiger partial charge in [-0.1, -0.05) is 0 Å². The summed E-state index contributed by atoms with van der Waals surface area (Å²) in [5.41, 5.74) is 6.24. The van der Waals surface area contributed by atoms with Crippen LogP contribution in [0.4, 0.5) is 0 Å². The number of nitrogens with zero attached hydrogens (tertiary/aromatic N) is 1. The Labute approximate surface area is 111 Å². The van der Waals surface area contributed by atoms with Crippen molar-refractivity contribution >= 4 is 0 Å². The van der Waals surface area contributed by atoms with E-state index >= 15 is 0 Å². The Morgan fingerprint density at radius 2 is 1.61 bits per heavy atom. The lowest BCUT2D eigenvalue weighted by Gasteiger charge is -2.55. The average Bonchev–Trinajstić information content (AvgIpc) is 2.35. The van der Waals surface area contributed by atoms with Crippen molar-refractivity contribution in [2.75, 3.05) is 32.8 Å². The Hall–Kier alpha value is -0.160. The summed E-state index contributed by atoms with van der Waals surface area (Å²) >= 11 is 0. The summed E-state index contributed by atoms with van der Waals surface area (Å²) in [5.74, 6) is 0. The molecule has 1 aliphatic heterocycles. The number of hydrogen-bond acceptors (Lipinski definition) is 4. The van der Waals surface area contributed by atoms with Crippen LogP contribution in [0.1, 0.15) is 39.5 Å². The quantitative estimate of drug-likeness (QED) is 0.780. The highest BCUT2D eigenvalue weighted by molar-refractivity contribution is 5.05. The first kappa shape index (κ1) is 14.3. The van der Waals surface area contributed by atoms with Crippen molar-refractivity contribution in [3.05, 3.63) is 0 Å². The van der Waals surface area contributed by atoms with Crippen LogP contribution in [0.5, 0.6) is 0 Å². The van der Waals surface area contributed by atoms with Crippen molar-refractivity contribution in [3.8, 4) is 0 Å². The molecule has 0 aromatic rings. The molecule has 2 N–H and O–H groups in total. The van der Waals surface area contributed by atoms with Gasteiger partial charge in [0.15, 0.2) is 0 Å². The number of rotatable bonds is 6. The molecule has 4 nitrogen and oxygen atoms in total. The van der Waals surface area contributed by atoms with Gasteiger partial charge in [-0.25, -0.2) is 0 Å². The molecule has 0 bridgehead atoms. The normalized spacial score (nSPS) is 34.5. The second kappa shape index (κ2) is 6.33. The first-order valence-electron chi connectivity index (χ1n) is 7.42. The molecule has 106 valence electrons. The molecular weight excluding hydrogens is 228 g/mol. The lowest BCUT2D eigenvalue weighted by Crippen LogP contribution is -2.65. The van der Waals surface area contributed by atoms with E-state index in [1.807, 2.05) is 0 Å². The highest BCUT2D eigenvalue weighted by Gasteiger charge is 2.48. The largest absolute Gasteiger partial charge is 0.378 e. The van der Waals surface area contributed by atoms with Crippen molar-refractivity contribution < 1.29 is 9.47 Å². The number of likely N-dealkylation sites (tertiary alicyclic amines) is 1. The van der Waals surface area contributed by atoms with Gasteiger partial charge in [0, 0.05) is 38.4 Å². The zero-order valence-corrected chi connectivity index (χ0v) is 11.9. The van der Waals surface area contributed by atoms with Gasteiger partial charge in [0.1, 0.15) is 0 Å². The van der Waals surface area contributed by atoms with E-state index in [1.165, 1.54) is 0 Å². The topological polar surface area (TPSA) is 47.7 Å². The van der Waals surface area contributed by atoms with Gasteiger partial charge < -0.3 is 15.2 Å². The number of hydrogen-bond donors (Lipinski definition) is 1. The summed E-state index contributed by atoms with van der Waals surface area (Å²) in [4.78, 5) is 2.58. The molecule has 0 unspecified atom stereocenters. The van der Waals surface area contributed by atoms with Crippen LogP contribution in [0, 0.1) is 0 Å². The highest BCUT2D eigenvalue weighted by Crippen LogP contribution is 2.40. The molecular formula is C14H28N2O2. The Bertz CT molecular complexity index is 246. The maximum absolute atomic E-state index is 6.02. The Balaban J connectivity index is 1.81. The monoisotopic (exact) mass is 256 g/mol. The van der Waals surface area contributed by atoms with Crippen LogP contribution in [-0.4, -0.2) is 55.5 Å². The molecule has 1 saturated heterocycles. The lowest BCUT2D eigenvalue weighted by molar-refractivity contribution is -0.116. The molecule has 0 radical (unpaired) electrons. The van der Waals surface area contributed by atoms with Crippen LogP contribution in [0.3, 0.4) is 0 Å². The predicted molar refractivity (Wildman–Crippen MR) is 72.7 cm³/mol. The summed E-state index contributed by atoms with van der Waals surface area (Å²) < 4.78 is 11.4. The second-order valence-electron chi connectivity index (χ2n) is 5.56. The van der Waals surface area contributed by atoms with E-state index in [-0.39, 0.29) is 5.54 Å². The van der Waals surface area contributed by atoms with Crippen molar-refractivity contribution in [1.82, 2.24) is 4.90 Å². The number of nitrogens with two attached hydrogens (primary N) is 1. The van der Waals surface area contributed by atoms with E-state index < -0.39 is 0 Å². The first-order chi connectivity index (χ1) is 8.74. The van der Waals surface area contributed by atoms with Crippen molar-refractivity contribution in [1.29, 1.82) is 0 Å². The van der Waals surface area contributed by atoms with Gasteiger partial charge in [0.2, 0.25) is 0 Å². The zero-order chi connectivity index (χ0) is 13.0. The molecule has 0 aromatic heterocycles. The highest BCUT2D eigenvalue weighted by atomic mass is 16.5. The fourth-order valence-electron chi connectivity index (χ4n) is 3.43. The van der Waals surface area contributed by atoms with E-state index in [1.54, 1.807) is 0 Å². The van der Waals surface area contributed by atoms with Crippen LogP contribution in [0.15, 0.2) is 0 Å². The average molecular weight is 256 g/mol. The van der Waals surface area contributed by atoms with E-state index in [9.17, 15) is 0 Å². The number of ether oxygens (including phenoxy) is 2. The Morgan fingerprint density at radius 1 is 1.06 bits per heavy atom. The summed E-state index contributed by atoms with van der Waals surface area (Å²) in [6.07, 6.45) is 5.41. The van der Waals surface area contributed by atoms with Crippen LogP contribution < -0.4 is 5.73 Å². The summed E-state index contributed by atoms with van der Waals surface area (Å²) in [5, 5.41) is 0. The van der Waals surface area contributed by atoms with Gasteiger partial charge in [-0.3, -0.25) is 4.90 Å². The molecule has 0 spiro atoms. The van der Waals surface area contributed by atoms with E-state index in [0.717, 1.165) is 58.5 Å². The second-order valence-corrected chi connectivity index (χ2v) is 5.56. The Morgan fingerprint density at radius 3 is 2.11 bits per heavy atom. The predicted octanol–water partition coefficient (Wildman–Crippen LogP) is 1.38. The molecule has 2 aliphatic rings. The van der Waals surface area contributed by atoms with E-state index in [4.69, 9.17) is 15.2 Å². The summed E-state index contributed by atoms with van der Waals surface area (Å²) in [6, 6.07) is 0.